The van der Waals surface area contributed by atoms with Crippen molar-refractivity contribution in [3.8, 4) is 17.6 Å². The van der Waals surface area contributed by atoms with Crippen LogP contribution in [-0.4, -0.2) is 28.1 Å². The quantitative estimate of drug-likeness (QED) is 0.746. The molecule has 138 valence electrons. The molecule has 2 aliphatic heterocycles. The maximum absolute atomic E-state index is 12.7. The first-order chi connectivity index (χ1) is 13.1. The largest absolute Gasteiger partial charge is 0.490 e. The minimum atomic E-state index is -0.710. The number of rotatable bonds is 3. The Morgan fingerprint density at radius 2 is 1.93 bits per heavy atom. The summed E-state index contributed by atoms with van der Waals surface area (Å²) < 4.78 is 13.4. The number of hydrogen-bond acceptors (Lipinski definition) is 6. The summed E-state index contributed by atoms with van der Waals surface area (Å²) >= 11 is 0. The Labute approximate surface area is 154 Å². The Bertz CT molecular complexity index is 1090. The van der Waals surface area contributed by atoms with Gasteiger partial charge in [0.15, 0.2) is 17.3 Å². The zero-order chi connectivity index (χ0) is 19.0. The SMILES string of the molecule is N#Cc1c2n(c(=O)n(CC(=O)c3ccc4c(c3)OCCCO4)c1=O)CCC2. The highest BCUT2D eigenvalue weighted by molar-refractivity contribution is 5.96. The second kappa shape index (κ2) is 6.76. The van der Waals surface area contributed by atoms with E-state index in [4.69, 9.17) is 9.47 Å². The molecule has 0 N–H and O–H groups in total. The van der Waals surface area contributed by atoms with Gasteiger partial charge < -0.3 is 9.47 Å². The van der Waals surface area contributed by atoms with Crippen molar-refractivity contribution in [1.82, 2.24) is 9.13 Å². The lowest BCUT2D eigenvalue weighted by Gasteiger charge is -2.11. The van der Waals surface area contributed by atoms with Crippen molar-refractivity contribution in [2.75, 3.05) is 13.2 Å². The van der Waals surface area contributed by atoms with E-state index in [9.17, 15) is 19.6 Å². The molecular formula is C19H17N3O5. The Morgan fingerprint density at radius 1 is 1.15 bits per heavy atom. The number of ketones is 1. The summed E-state index contributed by atoms with van der Waals surface area (Å²) in [4.78, 5) is 37.9. The van der Waals surface area contributed by atoms with Crippen molar-refractivity contribution in [2.45, 2.75) is 32.4 Å². The van der Waals surface area contributed by atoms with E-state index in [0.717, 1.165) is 11.0 Å². The molecule has 0 saturated carbocycles. The number of nitrogens with zero attached hydrogens (tertiary/aromatic N) is 3. The summed E-state index contributed by atoms with van der Waals surface area (Å²) in [5.41, 5.74) is -0.535. The van der Waals surface area contributed by atoms with Crippen molar-refractivity contribution in [3.63, 3.8) is 0 Å². The van der Waals surface area contributed by atoms with Crippen LogP contribution in [0.4, 0.5) is 0 Å². The molecule has 3 heterocycles. The van der Waals surface area contributed by atoms with E-state index >= 15 is 0 Å². The summed E-state index contributed by atoms with van der Waals surface area (Å²) in [5, 5.41) is 9.31. The first-order valence-corrected chi connectivity index (χ1v) is 8.79. The molecule has 2 aliphatic rings. The molecule has 8 heteroatoms. The fourth-order valence-electron chi connectivity index (χ4n) is 3.46. The van der Waals surface area contributed by atoms with E-state index in [1.165, 1.54) is 4.57 Å². The fraction of sp³-hybridized carbons (Fsp3) is 0.368. The highest BCUT2D eigenvalue weighted by Crippen LogP contribution is 2.30. The number of aromatic nitrogens is 2. The van der Waals surface area contributed by atoms with Gasteiger partial charge in [-0.25, -0.2) is 4.79 Å². The minimum Gasteiger partial charge on any atom is -0.490 e. The van der Waals surface area contributed by atoms with Gasteiger partial charge in [0.1, 0.15) is 11.6 Å². The van der Waals surface area contributed by atoms with Gasteiger partial charge in [0.2, 0.25) is 0 Å². The molecule has 1 aromatic carbocycles. The Balaban J connectivity index is 1.70. The third-order valence-electron chi connectivity index (χ3n) is 4.81. The highest BCUT2D eigenvalue weighted by atomic mass is 16.5. The van der Waals surface area contributed by atoms with Gasteiger partial charge >= 0.3 is 5.69 Å². The van der Waals surface area contributed by atoms with Crippen LogP contribution in [0.15, 0.2) is 27.8 Å². The third-order valence-corrected chi connectivity index (χ3v) is 4.81. The van der Waals surface area contributed by atoms with Crippen LogP contribution in [0, 0.1) is 11.3 Å². The van der Waals surface area contributed by atoms with E-state index < -0.39 is 23.6 Å². The van der Waals surface area contributed by atoms with E-state index in [1.54, 1.807) is 18.2 Å². The average molecular weight is 367 g/mol. The molecule has 8 nitrogen and oxygen atoms in total. The summed E-state index contributed by atoms with van der Waals surface area (Å²) in [5.74, 6) is 0.618. The van der Waals surface area contributed by atoms with Crippen LogP contribution in [0.25, 0.3) is 0 Å². The lowest BCUT2D eigenvalue weighted by Crippen LogP contribution is -2.43. The maximum Gasteiger partial charge on any atom is 0.331 e. The molecule has 0 amide bonds. The van der Waals surface area contributed by atoms with Crippen LogP contribution in [0.3, 0.4) is 0 Å². The first kappa shape index (κ1) is 17.1. The van der Waals surface area contributed by atoms with Crippen molar-refractivity contribution in [2.24, 2.45) is 0 Å². The number of benzene rings is 1. The van der Waals surface area contributed by atoms with Gasteiger partial charge in [0.25, 0.3) is 5.56 Å². The second-order valence-electron chi connectivity index (χ2n) is 6.50. The molecule has 0 fully saturated rings. The Hall–Kier alpha value is -3.34. The predicted octanol–water partition coefficient (Wildman–Crippen LogP) is 0.872. The van der Waals surface area contributed by atoms with Gasteiger partial charge in [-0.3, -0.25) is 18.7 Å². The monoisotopic (exact) mass is 367 g/mol. The average Bonchev–Trinajstić information content (AvgIpc) is 3.03. The Kier molecular flexibility index (Phi) is 4.28. The normalized spacial score (nSPS) is 14.9. The number of carbonyl (C=O) groups is 1. The number of hydrogen-bond donors (Lipinski definition) is 0. The smallest absolute Gasteiger partial charge is 0.331 e. The molecule has 0 aliphatic carbocycles. The predicted molar refractivity (Wildman–Crippen MR) is 94.4 cm³/mol. The van der Waals surface area contributed by atoms with Crippen LogP contribution < -0.4 is 20.7 Å². The summed E-state index contributed by atoms with van der Waals surface area (Å²) in [6.07, 6.45) is 1.96. The van der Waals surface area contributed by atoms with E-state index in [-0.39, 0.29) is 5.56 Å². The number of fused-ring (bicyclic) bond motifs is 2. The molecule has 0 unspecified atom stereocenters. The standard InChI is InChI=1S/C19H17N3O5/c20-10-13-14-3-1-6-21(14)19(25)22(18(13)24)11-15(23)12-4-5-16-17(9-12)27-8-2-7-26-16/h4-5,9H,1-3,6-8,11H2. The van der Waals surface area contributed by atoms with Gasteiger partial charge in [-0.2, -0.15) is 5.26 Å². The lowest BCUT2D eigenvalue weighted by molar-refractivity contribution is 0.0968. The third kappa shape index (κ3) is 2.91. The van der Waals surface area contributed by atoms with Gasteiger partial charge in [-0.1, -0.05) is 0 Å². The van der Waals surface area contributed by atoms with Gasteiger partial charge in [0, 0.05) is 24.2 Å². The van der Waals surface area contributed by atoms with E-state index in [0.29, 0.717) is 55.4 Å². The van der Waals surface area contributed by atoms with Crippen LogP contribution in [-0.2, 0) is 19.5 Å². The number of nitriles is 1. The molecule has 1 aromatic heterocycles. The molecule has 0 atom stereocenters. The topological polar surface area (TPSA) is 103 Å². The van der Waals surface area contributed by atoms with Crippen LogP contribution >= 0.6 is 0 Å². The summed E-state index contributed by atoms with van der Waals surface area (Å²) in [7, 11) is 0. The Morgan fingerprint density at radius 3 is 2.70 bits per heavy atom. The number of Topliss-reactive ketones (excluding diaryl/α,β-unsaturated/α-hetero) is 1. The number of ether oxygens (including phenoxy) is 2. The van der Waals surface area contributed by atoms with Gasteiger partial charge in [-0.15, -0.1) is 0 Å². The molecule has 4 rings (SSSR count). The van der Waals surface area contributed by atoms with E-state index in [1.807, 2.05) is 6.07 Å². The minimum absolute atomic E-state index is 0.0569. The summed E-state index contributed by atoms with van der Waals surface area (Å²) in [6, 6.07) is 6.67. The zero-order valence-electron chi connectivity index (χ0n) is 14.6. The van der Waals surface area contributed by atoms with Crippen molar-refractivity contribution < 1.29 is 14.3 Å². The molecule has 0 bridgehead atoms. The van der Waals surface area contributed by atoms with Crippen LogP contribution in [0.5, 0.6) is 11.5 Å². The van der Waals surface area contributed by atoms with Crippen LogP contribution in [0.1, 0.15) is 34.5 Å². The van der Waals surface area contributed by atoms with E-state index in [2.05, 4.69) is 0 Å². The van der Waals surface area contributed by atoms with Gasteiger partial charge in [-0.05, 0) is 31.0 Å². The highest BCUT2D eigenvalue weighted by Gasteiger charge is 2.24. The van der Waals surface area contributed by atoms with Crippen molar-refractivity contribution in [3.05, 3.63) is 55.9 Å². The molecule has 0 spiro atoms. The van der Waals surface area contributed by atoms with Crippen LogP contribution in [0.2, 0.25) is 0 Å². The van der Waals surface area contributed by atoms with Crippen molar-refractivity contribution in [1.29, 1.82) is 5.26 Å². The zero-order valence-corrected chi connectivity index (χ0v) is 14.6. The molecular weight excluding hydrogens is 350 g/mol. The molecule has 2 aromatic rings. The number of carbonyl (C=O) groups excluding carboxylic acids is 1. The molecule has 0 saturated heterocycles. The molecule has 0 radical (unpaired) electrons. The maximum atomic E-state index is 12.7. The second-order valence-corrected chi connectivity index (χ2v) is 6.50. The lowest BCUT2D eigenvalue weighted by atomic mass is 10.1. The fourth-order valence-corrected chi connectivity index (χ4v) is 3.46. The van der Waals surface area contributed by atoms with Gasteiger partial charge in [0.05, 0.1) is 19.8 Å². The summed E-state index contributed by atoms with van der Waals surface area (Å²) in [6.45, 7) is 1.05. The first-order valence-electron chi connectivity index (χ1n) is 8.79. The van der Waals surface area contributed by atoms with Crippen molar-refractivity contribution >= 4 is 5.78 Å². The molecule has 27 heavy (non-hydrogen) atoms.